The van der Waals surface area contributed by atoms with Crippen molar-refractivity contribution in [2.75, 3.05) is 24.3 Å². The van der Waals surface area contributed by atoms with Gasteiger partial charge in [0.2, 0.25) is 5.91 Å². The quantitative estimate of drug-likeness (QED) is 0.539. The van der Waals surface area contributed by atoms with E-state index in [-0.39, 0.29) is 11.9 Å². The van der Waals surface area contributed by atoms with Crippen molar-refractivity contribution in [1.29, 1.82) is 0 Å². The molecule has 1 unspecified atom stereocenters. The lowest BCUT2D eigenvalue weighted by atomic mass is 10.2. The summed E-state index contributed by atoms with van der Waals surface area (Å²) in [6, 6.07) is -0.346. The molecule has 0 saturated heterocycles. The second kappa shape index (κ2) is 6.26. The molecule has 1 fully saturated rings. The molecular formula is C14H24N6O. The summed E-state index contributed by atoms with van der Waals surface area (Å²) in [5.74, 6) is 8.05. The average Bonchev–Trinajstić information content (AvgIpc) is 3.32. The van der Waals surface area contributed by atoms with Crippen LogP contribution in [0.2, 0.25) is 0 Å². The number of carbonyl (C=O) groups is 1. The highest BCUT2D eigenvalue weighted by Gasteiger charge is 2.28. The molecule has 116 valence electrons. The van der Waals surface area contributed by atoms with Gasteiger partial charge in [0.1, 0.15) is 23.5 Å². The molecule has 1 saturated carbocycles. The minimum Gasteiger partial charge on any atom is -0.358 e. The van der Waals surface area contributed by atoms with Crippen LogP contribution in [0.4, 0.5) is 11.6 Å². The van der Waals surface area contributed by atoms with E-state index >= 15 is 0 Å². The Hall–Kier alpha value is -1.89. The lowest BCUT2D eigenvalue weighted by molar-refractivity contribution is -0.130. The molecule has 21 heavy (non-hydrogen) atoms. The monoisotopic (exact) mass is 292 g/mol. The summed E-state index contributed by atoms with van der Waals surface area (Å²) in [6.07, 6.45) is 2.22. The molecule has 1 aromatic heterocycles. The Morgan fingerprint density at radius 3 is 2.57 bits per heavy atom. The Bertz CT molecular complexity index is 528. The standard InChI is InChI=1S/C14H24N6O/c1-5-20(4)14(21)9(3)16-11-8(2)12(19-15)18-13(17-11)10-6-7-10/h9-10H,5-7,15H2,1-4H3,(H2,16,17,18,19). The topological polar surface area (TPSA) is 96.2 Å². The van der Waals surface area contributed by atoms with Gasteiger partial charge >= 0.3 is 0 Å². The maximum Gasteiger partial charge on any atom is 0.244 e. The molecular weight excluding hydrogens is 268 g/mol. The van der Waals surface area contributed by atoms with Crippen molar-refractivity contribution in [3.63, 3.8) is 0 Å². The molecule has 0 aromatic carbocycles. The lowest BCUT2D eigenvalue weighted by Gasteiger charge is -2.22. The highest BCUT2D eigenvalue weighted by molar-refractivity contribution is 5.84. The summed E-state index contributed by atoms with van der Waals surface area (Å²) in [5, 5.41) is 3.19. The fourth-order valence-electron chi connectivity index (χ4n) is 2.09. The number of likely N-dealkylation sites (N-methyl/N-ethyl adjacent to an activating group) is 1. The fraction of sp³-hybridized carbons (Fsp3) is 0.643. The first kappa shape index (κ1) is 15.5. The summed E-state index contributed by atoms with van der Waals surface area (Å²) < 4.78 is 0. The zero-order valence-corrected chi connectivity index (χ0v) is 13.1. The van der Waals surface area contributed by atoms with Gasteiger partial charge in [0, 0.05) is 25.1 Å². The summed E-state index contributed by atoms with van der Waals surface area (Å²) >= 11 is 0. The number of hydrogen-bond donors (Lipinski definition) is 3. The lowest BCUT2D eigenvalue weighted by Crippen LogP contribution is -2.39. The fourth-order valence-corrected chi connectivity index (χ4v) is 2.09. The highest BCUT2D eigenvalue weighted by Crippen LogP contribution is 2.39. The number of nitrogens with zero attached hydrogens (tertiary/aromatic N) is 3. The van der Waals surface area contributed by atoms with E-state index in [1.807, 2.05) is 20.8 Å². The van der Waals surface area contributed by atoms with Gasteiger partial charge in [-0.1, -0.05) is 0 Å². The van der Waals surface area contributed by atoms with Crippen LogP contribution in [0.25, 0.3) is 0 Å². The Labute approximate surface area is 125 Å². The van der Waals surface area contributed by atoms with Crippen LogP contribution in [0.5, 0.6) is 0 Å². The Morgan fingerprint density at radius 2 is 2.05 bits per heavy atom. The molecule has 1 heterocycles. The molecule has 7 nitrogen and oxygen atoms in total. The number of aromatic nitrogens is 2. The van der Waals surface area contributed by atoms with Crippen LogP contribution < -0.4 is 16.6 Å². The number of nitrogen functional groups attached to an aromatic ring is 1. The molecule has 1 amide bonds. The highest BCUT2D eigenvalue weighted by atomic mass is 16.2. The van der Waals surface area contributed by atoms with Crippen LogP contribution in [0, 0.1) is 6.92 Å². The van der Waals surface area contributed by atoms with Crippen LogP contribution >= 0.6 is 0 Å². The molecule has 0 aliphatic heterocycles. The number of rotatable bonds is 6. The predicted molar refractivity (Wildman–Crippen MR) is 82.9 cm³/mol. The van der Waals surface area contributed by atoms with Crippen LogP contribution in [-0.4, -0.2) is 40.4 Å². The van der Waals surface area contributed by atoms with Gasteiger partial charge in [0.25, 0.3) is 0 Å². The summed E-state index contributed by atoms with van der Waals surface area (Å²) in [5.41, 5.74) is 3.43. The predicted octanol–water partition coefficient (Wildman–Crippen LogP) is 1.23. The molecule has 1 aliphatic carbocycles. The first-order valence-corrected chi connectivity index (χ1v) is 7.34. The second-order valence-corrected chi connectivity index (χ2v) is 5.54. The van der Waals surface area contributed by atoms with E-state index in [0.717, 1.165) is 24.2 Å². The summed E-state index contributed by atoms with van der Waals surface area (Å²) in [6.45, 7) is 6.34. The first-order valence-electron chi connectivity index (χ1n) is 7.34. The van der Waals surface area contributed by atoms with E-state index in [2.05, 4.69) is 20.7 Å². The Balaban J connectivity index is 2.22. The van der Waals surface area contributed by atoms with Gasteiger partial charge in [-0.2, -0.15) is 0 Å². The van der Waals surface area contributed by atoms with E-state index in [1.54, 1.807) is 11.9 Å². The number of anilines is 2. The molecule has 7 heteroatoms. The van der Waals surface area contributed by atoms with Crippen molar-refractivity contribution in [3.05, 3.63) is 11.4 Å². The van der Waals surface area contributed by atoms with Gasteiger partial charge in [0.15, 0.2) is 0 Å². The zero-order valence-electron chi connectivity index (χ0n) is 13.1. The van der Waals surface area contributed by atoms with Crippen molar-refractivity contribution in [3.8, 4) is 0 Å². The summed E-state index contributed by atoms with van der Waals surface area (Å²) in [4.78, 5) is 22.8. The van der Waals surface area contributed by atoms with E-state index in [4.69, 9.17) is 5.84 Å². The maximum absolute atomic E-state index is 12.2. The molecule has 0 spiro atoms. The van der Waals surface area contributed by atoms with Gasteiger partial charge < -0.3 is 15.6 Å². The van der Waals surface area contributed by atoms with Crippen molar-refractivity contribution >= 4 is 17.5 Å². The van der Waals surface area contributed by atoms with Crippen molar-refractivity contribution in [1.82, 2.24) is 14.9 Å². The van der Waals surface area contributed by atoms with Gasteiger partial charge in [-0.05, 0) is 33.6 Å². The normalized spacial score (nSPS) is 15.5. The van der Waals surface area contributed by atoms with Gasteiger partial charge in [-0.25, -0.2) is 15.8 Å². The second-order valence-electron chi connectivity index (χ2n) is 5.54. The molecule has 1 atom stereocenters. The number of amides is 1. The van der Waals surface area contributed by atoms with Gasteiger partial charge in [-0.15, -0.1) is 0 Å². The number of nitrogens with one attached hydrogen (secondary N) is 2. The maximum atomic E-state index is 12.2. The zero-order chi connectivity index (χ0) is 15.6. The minimum atomic E-state index is -0.346. The molecule has 0 bridgehead atoms. The van der Waals surface area contributed by atoms with Crippen LogP contribution in [0.1, 0.15) is 44.0 Å². The number of hydrogen-bond acceptors (Lipinski definition) is 6. The third-order valence-electron chi connectivity index (χ3n) is 3.82. The van der Waals surface area contributed by atoms with Crippen molar-refractivity contribution in [2.45, 2.75) is 45.6 Å². The number of hydrazine groups is 1. The molecule has 4 N–H and O–H groups in total. The van der Waals surface area contributed by atoms with Crippen molar-refractivity contribution < 1.29 is 4.79 Å². The Kier molecular flexibility index (Phi) is 4.62. The number of nitrogens with two attached hydrogens (primary N) is 1. The van der Waals surface area contributed by atoms with Crippen LogP contribution in [0.3, 0.4) is 0 Å². The minimum absolute atomic E-state index is 0.0331. The molecule has 1 aromatic rings. The van der Waals surface area contributed by atoms with Gasteiger partial charge in [-0.3, -0.25) is 4.79 Å². The number of carbonyl (C=O) groups excluding carboxylic acids is 1. The molecule has 0 radical (unpaired) electrons. The SMILES string of the molecule is CCN(C)C(=O)C(C)Nc1nc(C2CC2)nc(NN)c1C. The van der Waals surface area contributed by atoms with Gasteiger partial charge in [0.05, 0.1) is 0 Å². The van der Waals surface area contributed by atoms with E-state index in [0.29, 0.717) is 24.1 Å². The largest absolute Gasteiger partial charge is 0.358 e. The molecule has 1 aliphatic rings. The van der Waals surface area contributed by atoms with E-state index in [1.165, 1.54) is 0 Å². The smallest absolute Gasteiger partial charge is 0.244 e. The van der Waals surface area contributed by atoms with Crippen LogP contribution in [0.15, 0.2) is 0 Å². The summed E-state index contributed by atoms with van der Waals surface area (Å²) in [7, 11) is 1.79. The third-order valence-corrected chi connectivity index (χ3v) is 3.82. The van der Waals surface area contributed by atoms with E-state index in [9.17, 15) is 4.79 Å². The molecule has 2 rings (SSSR count). The first-order chi connectivity index (χ1) is 9.97. The third kappa shape index (κ3) is 3.41. The van der Waals surface area contributed by atoms with Crippen LogP contribution in [-0.2, 0) is 4.79 Å². The Morgan fingerprint density at radius 1 is 1.43 bits per heavy atom. The van der Waals surface area contributed by atoms with Crippen molar-refractivity contribution in [2.24, 2.45) is 5.84 Å². The van der Waals surface area contributed by atoms with E-state index < -0.39 is 0 Å². The average molecular weight is 292 g/mol.